The van der Waals surface area contributed by atoms with Gasteiger partial charge in [-0.1, -0.05) is 6.07 Å². The average molecular weight is 166 g/mol. The summed E-state index contributed by atoms with van der Waals surface area (Å²) >= 11 is 0. The van der Waals surface area contributed by atoms with E-state index in [0.29, 0.717) is 5.56 Å². The van der Waals surface area contributed by atoms with Crippen molar-refractivity contribution in [2.75, 3.05) is 7.05 Å². The van der Waals surface area contributed by atoms with Crippen LogP contribution in [0.4, 0.5) is 0 Å². The maximum absolute atomic E-state index is 11.1. The fraction of sp³-hybridized carbons (Fsp3) is 0.250. The topological polar surface area (TPSA) is 62.2 Å². The van der Waals surface area contributed by atoms with Gasteiger partial charge in [0.25, 0.3) is 5.91 Å². The van der Waals surface area contributed by atoms with Gasteiger partial charge in [0, 0.05) is 18.8 Å². The number of nitrogens with zero attached hydrogens (tertiary/aromatic N) is 1. The van der Waals surface area contributed by atoms with Crippen LogP contribution in [-0.4, -0.2) is 23.0 Å². The van der Waals surface area contributed by atoms with Crippen LogP contribution in [0.3, 0.4) is 0 Å². The lowest BCUT2D eigenvalue weighted by Gasteiger charge is -2.02. The number of carbonyl (C=O) groups excluding carboxylic acids is 1. The van der Waals surface area contributed by atoms with E-state index in [1.54, 1.807) is 12.1 Å². The van der Waals surface area contributed by atoms with Gasteiger partial charge in [0.15, 0.2) is 0 Å². The fourth-order valence-electron chi connectivity index (χ4n) is 0.889. The zero-order chi connectivity index (χ0) is 8.97. The standard InChI is InChI=1S/C8H10N2O2/c1-9-8(12)7-6(5-11)3-2-4-10-7/h2-4,11H,5H2,1H3,(H,9,12). The summed E-state index contributed by atoms with van der Waals surface area (Å²) in [6, 6.07) is 3.34. The third-order valence-corrected chi connectivity index (χ3v) is 1.50. The summed E-state index contributed by atoms with van der Waals surface area (Å²) in [7, 11) is 1.53. The molecule has 4 nitrogen and oxygen atoms in total. The van der Waals surface area contributed by atoms with E-state index < -0.39 is 0 Å². The number of rotatable bonds is 2. The number of carbonyl (C=O) groups is 1. The minimum absolute atomic E-state index is 0.170. The first-order valence-corrected chi connectivity index (χ1v) is 3.56. The summed E-state index contributed by atoms with van der Waals surface area (Å²) in [5.41, 5.74) is 0.819. The van der Waals surface area contributed by atoms with Crippen LogP contribution < -0.4 is 5.32 Å². The second-order valence-corrected chi connectivity index (χ2v) is 2.25. The van der Waals surface area contributed by atoms with E-state index in [1.807, 2.05) is 0 Å². The Bertz CT molecular complexity index is 286. The Morgan fingerprint density at radius 3 is 3.08 bits per heavy atom. The highest BCUT2D eigenvalue weighted by Gasteiger charge is 2.08. The van der Waals surface area contributed by atoms with Crippen LogP contribution in [0.2, 0.25) is 0 Å². The number of aromatic nitrogens is 1. The van der Waals surface area contributed by atoms with Gasteiger partial charge in [-0.2, -0.15) is 0 Å². The van der Waals surface area contributed by atoms with Crippen molar-refractivity contribution in [1.82, 2.24) is 10.3 Å². The van der Waals surface area contributed by atoms with Gasteiger partial charge < -0.3 is 10.4 Å². The highest BCUT2D eigenvalue weighted by molar-refractivity contribution is 5.93. The molecule has 0 saturated carbocycles. The lowest BCUT2D eigenvalue weighted by molar-refractivity contribution is 0.0955. The highest BCUT2D eigenvalue weighted by atomic mass is 16.3. The van der Waals surface area contributed by atoms with Crippen LogP contribution in [0, 0.1) is 0 Å². The molecule has 0 radical (unpaired) electrons. The van der Waals surface area contributed by atoms with E-state index in [1.165, 1.54) is 13.2 Å². The number of aliphatic hydroxyl groups excluding tert-OH is 1. The monoisotopic (exact) mass is 166 g/mol. The van der Waals surface area contributed by atoms with Gasteiger partial charge in [-0.3, -0.25) is 9.78 Å². The van der Waals surface area contributed by atoms with Gasteiger partial charge in [-0.15, -0.1) is 0 Å². The SMILES string of the molecule is CNC(=O)c1ncccc1CO. The molecule has 1 aromatic rings. The van der Waals surface area contributed by atoms with Crippen molar-refractivity contribution < 1.29 is 9.90 Å². The summed E-state index contributed by atoms with van der Waals surface area (Å²) < 4.78 is 0. The van der Waals surface area contributed by atoms with Gasteiger partial charge in [0.05, 0.1) is 6.61 Å². The summed E-state index contributed by atoms with van der Waals surface area (Å²) in [5.74, 6) is -0.278. The minimum atomic E-state index is -0.278. The first-order chi connectivity index (χ1) is 5.79. The number of amides is 1. The van der Waals surface area contributed by atoms with Gasteiger partial charge in [0.1, 0.15) is 5.69 Å². The van der Waals surface area contributed by atoms with E-state index in [0.717, 1.165) is 0 Å². The smallest absolute Gasteiger partial charge is 0.269 e. The van der Waals surface area contributed by atoms with Gasteiger partial charge in [-0.25, -0.2) is 0 Å². The van der Waals surface area contributed by atoms with Crippen LogP contribution in [0.25, 0.3) is 0 Å². The molecule has 1 aromatic heterocycles. The van der Waals surface area contributed by atoms with Crippen LogP contribution in [0.1, 0.15) is 16.1 Å². The van der Waals surface area contributed by atoms with Crippen molar-refractivity contribution in [2.45, 2.75) is 6.61 Å². The molecule has 0 unspecified atom stereocenters. The average Bonchev–Trinajstić information content (AvgIpc) is 2.16. The third-order valence-electron chi connectivity index (χ3n) is 1.50. The Balaban J connectivity index is 3.04. The maximum atomic E-state index is 11.1. The van der Waals surface area contributed by atoms with Gasteiger partial charge in [0.2, 0.25) is 0 Å². The molecule has 0 saturated heterocycles. The van der Waals surface area contributed by atoms with Crippen molar-refractivity contribution in [3.05, 3.63) is 29.6 Å². The predicted octanol–water partition coefficient (Wildman–Crippen LogP) is -0.0665. The van der Waals surface area contributed by atoms with E-state index in [9.17, 15) is 4.79 Å². The van der Waals surface area contributed by atoms with Crippen molar-refractivity contribution >= 4 is 5.91 Å². The normalized spacial score (nSPS) is 9.50. The lowest BCUT2D eigenvalue weighted by Crippen LogP contribution is -2.20. The molecule has 1 heterocycles. The predicted molar refractivity (Wildman–Crippen MR) is 43.6 cm³/mol. The fourth-order valence-corrected chi connectivity index (χ4v) is 0.889. The molecule has 1 amide bonds. The first-order valence-electron chi connectivity index (χ1n) is 3.56. The van der Waals surface area contributed by atoms with Crippen molar-refractivity contribution in [3.8, 4) is 0 Å². The molecule has 2 N–H and O–H groups in total. The van der Waals surface area contributed by atoms with Crippen LogP contribution in [0.5, 0.6) is 0 Å². The molecule has 0 aliphatic carbocycles. The molecule has 0 fully saturated rings. The Morgan fingerprint density at radius 1 is 1.75 bits per heavy atom. The minimum Gasteiger partial charge on any atom is -0.392 e. The maximum Gasteiger partial charge on any atom is 0.269 e. The largest absolute Gasteiger partial charge is 0.392 e. The molecule has 0 aromatic carbocycles. The number of hydrogen-bond donors (Lipinski definition) is 2. The zero-order valence-electron chi connectivity index (χ0n) is 6.74. The van der Waals surface area contributed by atoms with Crippen molar-refractivity contribution in [2.24, 2.45) is 0 Å². The third kappa shape index (κ3) is 1.60. The van der Waals surface area contributed by atoms with Crippen LogP contribution >= 0.6 is 0 Å². The second-order valence-electron chi connectivity index (χ2n) is 2.25. The summed E-state index contributed by atoms with van der Waals surface area (Å²) in [5, 5.41) is 11.3. The van der Waals surface area contributed by atoms with Crippen LogP contribution in [-0.2, 0) is 6.61 Å². The molecule has 12 heavy (non-hydrogen) atoms. The summed E-state index contributed by atoms with van der Waals surface area (Å²) in [6.07, 6.45) is 1.52. The van der Waals surface area contributed by atoms with E-state index in [4.69, 9.17) is 5.11 Å². The summed E-state index contributed by atoms with van der Waals surface area (Å²) in [6.45, 7) is -0.170. The van der Waals surface area contributed by atoms with Crippen LogP contribution in [0.15, 0.2) is 18.3 Å². The molecule has 0 atom stereocenters. The Kier molecular flexibility index (Phi) is 2.76. The van der Waals surface area contributed by atoms with Gasteiger partial charge >= 0.3 is 0 Å². The molecule has 0 aliphatic heterocycles. The second kappa shape index (κ2) is 3.82. The van der Waals surface area contributed by atoms with Gasteiger partial charge in [-0.05, 0) is 6.07 Å². The van der Waals surface area contributed by atoms with Crippen molar-refractivity contribution in [3.63, 3.8) is 0 Å². The molecule has 4 heteroatoms. The Hall–Kier alpha value is -1.42. The number of hydrogen-bond acceptors (Lipinski definition) is 3. The van der Waals surface area contributed by atoms with Crippen molar-refractivity contribution in [1.29, 1.82) is 0 Å². The number of nitrogens with one attached hydrogen (secondary N) is 1. The van der Waals surface area contributed by atoms with E-state index >= 15 is 0 Å². The zero-order valence-corrected chi connectivity index (χ0v) is 6.74. The quantitative estimate of drug-likeness (QED) is 0.646. The number of pyridine rings is 1. The molecule has 0 aliphatic rings. The summed E-state index contributed by atoms with van der Waals surface area (Å²) in [4.78, 5) is 15.0. The van der Waals surface area contributed by atoms with E-state index in [2.05, 4.69) is 10.3 Å². The molecular weight excluding hydrogens is 156 g/mol. The first kappa shape index (κ1) is 8.67. The van der Waals surface area contributed by atoms with E-state index in [-0.39, 0.29) is 18.2 Å². The molecule has 64 valence electrons. The molecule has 0 spiro atoms. The lowest BCUT2D eigenvalue weighted by atomic mass is 10.2. The molecule has 0 bridgehead atoms. The highest BCUT2D eigenvalue weighted by Crippen LogP contribution is 2.03. The number of aliphatic hydroxyl groups is 1. The Morgan fingerprint density at radius 2 is 2.50 bits per heavy atom. The Labute approximate surface area is 70.3 Å². The molecular formula is C8H10N2O2. The molecule has 1 rings (SSSR count).